The van der Waals surface area contributed by atoms with Crippen molar-refractivity contribution in [1.82, 2.24) is 10.6 Å². The van der Waals surface area contributed by atoms with Crippen LogP contribution in [0.3, 0.4) is 0 Å². The van der Waals surface area contributed by atoms with Gasteiger partial charge in [-0.1, -0.05) is 12.8 Å². The molecule has 1 saturated carbocycles. The van der Waals surface area contributed by atoms with Crippen molar-refractivity contribution in [2.24, 2.45) is 5.92 Å². The molecule has 1 heterocycles. The molecule has 1 saturated heterocycles. The molecule has 0 bridgehead atoms. The fourth-order valence-corrected chi connectivity index (χ4v) is 3.48. The van der Waals surface area contributed by atoms with Crippen LogP contribution in [0.1, 0.15) is 44.9 Å². The summed E-state index contributed by atoms with van der Waals surface area (Å²) < 4.78 is 4.92. The highest BCUT2D eigenvalue weighted by atomic mass is 16.5. The Hall–Kier alpha value is -1.14. The predicted molar refractivity (Wildman–Crippen MR) is 78.0 cm³/mol. The minimum absolute atomic E-state index is 0.172. The van der Waals surface area contributed by atoms with Crippen LogP contribution >= 0.6 is 0 Å². The third-order valence-electron chi connectivity index (χ3n) is 4.64. The number of aliphatic carboxylic acids is 1. The largest absolute Gasteiger partial charge is 0.480 e. The molecule has 2 rings (SSSR count). The monoisotopic (exact) mass is 298 g/mol. The summed E-state index contributed by atoms with van der Waals surface area (Å²) in [6.07, 6.45) is 6.62. The number of rotatable bonds is 7. The molecule has 0 spiro atoms. The van der Waals surface area contributed by atoms with Crippen LogP contribution in [0.15, 0.2) is 0 Å². The lowest BCUT2D eigenvalue weighted by Gasteiger charge is -2.24. The number of methoxy groups -OCH3 is 1. The minimum Gasteiger partial charge on any atom is -0.480 e. The van der Waals surface area contributed by atoms with Crippen LogP contribution in [-0.4, -0.2) is 48.8 Å². The highest BCUT2D eigenvalue weighted by Gasteiger charge is 2.38. The Labute approximate surface area is 125 Å². The Balaban J connectivity index is 1.82. The lowest BCUT2D eigenvalue weighted by Crippen LogP contribution is -2.49. The number of carbonyl (C=O) groups is 2. The molecule has 21 heavy (non-hydrogen) atoms. The summed E-state index contributed by atoms with van der Waals surface area (Å²) in [5.74, 6) is -0.574. The molecule has 1 amide bonds. The minimum atomic E-state index is -0.977. The number of hydrogen-bond acceptors (Lipinski definition) is 4. The summed E-state index contributed by atoms with van der Waals surface area (Å²) in [5, 5.41) is 15.2. The first-order valence-corrected chi connectivity index (χ1v) is 7.90. The van der Waals surface area contributed by atoms with Gasteiger partial charge in [0.05, 0.1) is 6.04 Å². The smallest absolute Gasteiger partial charge is 0.326 e. The molecule has 4 atom stereocenters. The van der Waals surface area contributed by atoms with Crippen molar-refractivity contribution in [1.29, 1.82) is 0 Å². The van der Waals surface area contributed by atoms with Gasteiger partial charge in [0.1, 0.15) is 6.04 Å². The normalized spacial score (nSPS) is 29.7. The summed E-state index contributed by atoms with van der Waals surface area (Å²) in [6, 6.07) is -0.620. The molecule has 1 aliphatic carbocycles. The third-order valence-corrected chi connectivity index (χ3v) is 4.64. The van der Waals surface area contributed by atoms with E-state index >= 15 is 0 Å². The van der Waals surface area contributed by atoms with E-state index in [1.807, 2.05) is 0 Å². The van der Waals surface area contributed by atoms with Crippen LogP contribution in [0.25, 0.3) is 0 Å². The van der Waals surface area contributed by atoms with Gasteiger partial charge in [-0.15, -0.1) is 0 Å². The predicted octanol–water partition coefficient (Wildman–Crippen LogP) is 0.903. The van der Waals surface area contributed by atoms with Gasteiger partial charge < -0.3 is 20.5 Å². The van der Waals surface area contributed by atoms with Crippen LogP contribution < -0.4 is 10.6 Å². The van der Waals surface area contributed by atoms with E-state index in [0.717, 1.165) is 12.8 Å². The molecule has 6 heteroatoms. The quantitative estimate of drug-likeness (QED) is 0.608. The zero-order valence-corrected chi connectivity index (χ0v) is 12.6. The molecule has 3 N–H and O–H groups in total. The number of carbonyl (C=O) groups excluding carboxylic acids is 1. The van der Waals surface area contributed by atoms with Crippen LogP contribution in [0.4, 0.5) is 0 Å². The van der Waals surface area contributed by atoms with Crippen LogP contribution in [0.5, 0.6) is 0 Å². The second-order valence-electron chi connectivity index (χ2n) is 6.14. The Morgan fingerprint density at radius 1 is 1.38 bits per heavy atom. The van der Waals surface area contributed by atoms with E-state index in [-0.39, 0.29) is 11.9 Å². The zero-order valence-electron chi connectivity index (χ0n) is 12.6. The maximum absolute atomic E-state index is 12.3. The van der Waals surface area contributed by atoms with E-state index in [9.17, 15) is 14.7 Å². The molecule has 0 aromatic carbocycles. The SMILES string of the molecule is COCCCC(NC(=O)C1CC2CCCCC2N1)C(=O)O. The Bertz CT molecular complexity index is 361. The van der Waals surface area contributed by atoms with Crippen molar-refractivity contribution in [3.05, 3.63) is 0 Å². The fourth-order valence-electron chi connectivity index (χ4n) is 3.48. The average Bonchev–Trinajstić information content (AvgIpc) is 2.90. The van der Waals surface area contributed by atoms with Gasteiger partial charge in [0.15, 0.2) is 0 Å². The Morgan fingerprint density at radius 3 is 2.81 bits per heavy atom. The average molecular weight is 298 g/mol. The Kier molecular flexibility index (Phi) is 5.99. The van der Waals surface area contributed by atoms with Gasteiger partial charge in [-0.05, 0) is 38.0 Å². The van der Waals surface area contributed by atoms with E-state index in [4.69, 9.17) is 4.74 Å². The number of nitrogens with one attached hydrogen (secondary N) is 2. The Morgan fingerprint density at radius 2 is 2.14 bits per heavy atom. The molecule has 0 radical (unpaired) electrons. The maximum Gasteiger partial charge on any atom is 0.326 e. The zero-order chi connectivity index (χ0) is 15.2. The number of ether oxygens (including phenoxy) is 1. The van der Waals surface area contributed by atoms with Gasteiger partial charge >= 0.3 is 5.97 Å². The first-order chi connectivity index (χ1) is 10.1. The van der Waals surface area contributed by atoms with Crippen LogP contribution in [0, 0.1) is 5.92 Å². The molecule has 0 aromatic heterocycles. The van der Waals surface area contributed by atoms with Gasteiger partial charge in [0.2, 0.25) is 5.91 Å². The number of carboxylic acid groups (broad SMARTS) is 1. The summed E-state index contributed by atoms with van der Waals surface area (Å²) in [6.45, 7) is 0.505. The maximum atomic E-state index is 12.3. The first-order valence-electron chi connectivity index (χ1n) is 7.90. The molecular weight excluding hydrogens is 272 g/mol. The molecular formula is C15H26N2O4. The van der Waals surface area contributed by atoms with Crippen LogP contribution in [0.2, 0.25) is 0 Å². The fraction of sp³-hybridized carbons (Fsp3) is 0.867. The number of amides is 1. The van der Waals surface area contributed by atoms with Gasteiger partial charge in [-0.25, -0.2) is 4.79 Å². The van der Waals surface area contributed by atoms with Crippen molar-refractivity contribution >= 4 is 11.9 Å². The first kappa shape index (κ1) is 16.2. The van der Waals surface area contributed by atoms with Crippen molar-refractivity contribution in [2.75, 3.05) is 13.7 Å². The van der Waals surface area contributed by atoms with Crippen LogP contribution in [-0.2, 0) is 14.3 Å². The molecule has 4 unspecified atom stereocenters. The van der Waals surface area contributed by atoms with Gasteiger partial charge in [-0.3, -0.25) is 4.79 Å². The highest BCUT2D eigenvalue weighted by molar-refractivity contribution is 5.87. The molecule has 1 aliphatic heterocycles. The lowest BCUT2D eigenvalue weighted by molar-refractivity contribution is -0.142. The van der Waals surface area contributed by atoms with Gasteiger partial charge in [0, 0.05) is 19.8 Å². The van der Waals surface area contributed by atoms with E-state index in [1.165, 1.54) is 19.3 Å². The summed E-state index contributed by atoms with van der Waals surface area (Å²) in [5.41, 5.74) is 0. The summed E-state index contributed by atoms with van der Waals surface area (Å²) >= 11 is 0. The molecule has 120 valence electrons. The third kappa shape index (κ3) is 4.41. The summed E-state index contributed by atoms with van der Waals surface area (Å²) in [7, 11) is 1.58. The van der Waals surface area contributed by atoms with Crippen molar-refractivity contribution in [3.8, 4) is 0 Å². The standard InChI is InChI=1S/C15H26N2O4/c1-21-8-4-7-12(15(19)20)17-14(18)13-9-10-5-2-3-6-11(10)16-13/h10-13,16H,2-9H2,1H3,(H,17,18)(H,19,20). The lowest BCUT2D eigenvalue weighted by atomic mass is 9.85. The van der Waals surface area contributed by atoms with Gasteiger partial charge in [-0.2, -0.15) is 0 Å². The summed E-state index contributed by atoms with van der Waals surface area (Å²) in [4.78, 5) is 23.5. The van der Waals surface area contributed by atoms with Gasteiger partial charge in [0.25, 0.3) is 0 Å². The second-order valence-corrected chi connectivity index (χ2v) is 6.14. The number of carboxylic acids is 1. The topological polar surface area (TPSA) is 87.7 Å². The molecule has 0 aromatic rings. The number of fused-ring (bicyclic) bond motifs is 1. The van der Waals surface area contributed by atoms with E-state index in [1.54, 1.807) is 7.11 Å². The highest BCUT2D eigenvalue weighted by Crippen LogP contribution is 2.33. The van der Waals surface area contributed by atoms with Crippen molar-refractivity contribution in [3.63, 3.8) is 0 Å². The van der Waals surface area contributed by atoms with Crippen molar-refractivity contribution < 1.29 is 19.4 Å². The van der Waals surface area contributed by atoms with E-state index in [0.29, 0.717) is 31.4 Å². The molecule has 2 aliphatic rings. The van der Waals surface area contributed by atoms with E-state index in [2.05, 4.69) is 10.6 Å². The second kappa shape index (κ2) is 7.75. The number of hydrogen-bond donors (Lipinski definition) is 3. The molecule has 2 fully saturated rings. The van der Waals surface area contributed by atoms with Crippen molar-refractivity contribution in [2.45, 2.75) is 63.1 Å². The molecule has 6 nitrogen and oxygen atoms in total. The van der Waals surface area contributed by atoms with E-state index < -0.39 is 12.0 Å².